The number of hydrogen-bond acceptors (Lipinski definition) is 1. The molecular formula is C14H25N. The van der Waals surface area contributed by atoms with Gasteiger partial charge in [-0.2, -0.15) is 0 Å². The van der Waals surface area contributed by atoms with Gasteiger partial charge in [0.05, 0.1) is 0 Å². The molecule has 0 bridgehead atoms. The van der Waals surface area contributed by atoms with Gasteiger partial charge in [-0.25, -0.2) is 0 Å². The smallest absolute Gasteiger partial charge is 0.0345 e. The first kappa shape index (κ1) is 16.3. The third kappa shape index (κ3) is 6.05. The van der Waals surface area contributed by atoms with Gasteiger partial charge < -0.3 is 0 Å². The molecule has 0 aliphatic heterocycles. The summed E-state index contributed by atoms with van der Waals surface area (Å²) >= 11 is 0. The van der Waals surface area contributed by atoms with E-state index in [9.17, 15) is 0 Å². The Labute approximate surface area is 95.3 Å². The SMILES string of the molecule is C/C=C(/C)c1cnccc1C.CC.CC. The molecule has 0 aromatic carbocycles. The fraction of sp³-hybridized carbons (Fsp3) is 0.500. The summed E-state index contributed by atoms with van der Waals surface area (Å²) < 4.78 is 0. The number of aromatic nitrogens is 1. The number of hydrogen-bond donors (Lipinski definition) is 0. The Bertz CT molecular complexity index is 274. The highest BCUT2D eigenvalue weighted by Gasteiger charge is 1.96. The second-order valence-corrected chi connectivity index (χ2v) is 2.66. The van der Waals surface area contributed by atoms with Gasteiger partial charge in [0, 0.05) is 12.4 Å². The predicted molar refractivity (Wildman–Crippen MR) is 71.0 cm³/mol. The molecule has 1 aromatic rings. The summed E-state index contributed by atoms with van der Waals surface area (Å²) in [5.41, 5.74) is 3.82. The minimum atomic E-state index is 1.25. The first-order valence-electron chi connectivity index (χ1n) is 5.79. The number of nitrogens with zero attached hydrogens (tertiary/aromatic N) is 1. The molecule has 0 atom stereocenters. The van der Waals surface area contributed by atoms with Crippen LogP contribution in [-0.4, -0.2) is 4.98 Å². The van der Waals surface area contributed by atoms with E-state index in [4.69, 9.17) is 0 Å². The Morgan fingerprint density at radius 2 is 1.73 bits per heavy atom. The van der Waals surface area contributed by atoms with Crippen molar-refractivity contribution in [2.24, 2.45) is 0 Å². The summed E-state index contributed by atoms with van der Waals surface area (Å²) in [6, 6.07) is 2.03. The Balaban J connectivity index is 0. The average Bonchev–Trinajstić information content (AvgIpc) is 2.34. The topological polar surface area (TPSA) is 12.9 Å². The van der Waals surface area contributed by atoms with Crippen LogP contribution in [0.2, 0.25) is 0 Å². The summed E-state index contributed by atoms with van der Waals surface area (Å²) in [4.78, 5) is 4.07. The highest BCUT2D eigenvalue weighted by Crippen LogP contribution is 2.15. The highest BCUT2D eigenvalue weighted by molar-refractivity contribution is 5.65. The van der Waals surface area contributed by atoms with E-state index in [1.165, 1.54) is 16.7 Å². The second kappa shape index (κ2) is 11.0. The van der Waals surface area contributed by atoms with Crippen LogP contribution >= 0.6 is 0 Å². The van der Waals surface area contributed by atoms with Gasteiger partial charge in [0.1, 0.15) is 0 Å². The molecule has 1 heteroatoms. The fourth-order valence-corrected chi connectivity index (χ4v) is 1.03. The maximum absolute atomic E-state index is 4.07. The number of pyridine rings is 1. The predicted octanol–water partition coefficient (Wildman–Crippen LogP) is 4.87. The first-order chi connectivity index (χ1) is 7.25. The van der Waals surface area contributed by atoms with Crippen molar-refractivity contribution in [3.05, 3.63) is 35.7 Å². The number of aryl methyl sites for hydroxylation is 1. The summed E-state index contributed by atoms with van der Waals surface area (Å²) in [5, 5.41) is 0. The van der Waals surface area contributed by atoms with Gasteiger partial charge in [0.2, 0.25) is 0 Å². The number of allylic oxidation sites excluding steroid dienone is 2. The van der Waals surface area contributed by atoms with E-state index in [0.29, 0.717) is 0 Å². The molecule has 1 rings (SSSR count). The van der Waals surface area contributed by atoms with Gasteiger partial charge in [-0.15, -0.1) is 0 Å². The lowest BCUT2D eigenvalue weighted by Gasteiger charge is -2.02. The zero-order valence-corrected chi connectivity index (χ0v) is 11.3. The minimum Gasteiger partial charge on any atom is -0.264 e. The fourth-order valence-electron chi connectivity index (χ4n) is 1.03. The molecule has 15 heavy (non-hydrogen) atoms. The van der Waals surface area contributed by atoms with Gasteiger partial charge in [0.15, 0.2) is 0 Å². The van der Waals surface area contributed by atoms with E-state index in [1.807, 2.05) is 53.1 Å². The number of rotatable bonds is 1. The zero-order chi connectivity index (χ0) is 12.3. The maximum atomic E-state index is 4.07. The van der Waals surface area contributed by atoms with Crippen molar-refractivity contribution in [1.29, 1.82) is 0 Å². The molecule has 0 saturated carbocycles. The molecule has 0 amide bonds. The van der Waals surface area contributed by atoms with Crippen LogP contribution < -0.4 is 0 Å². The standard InChI is InChI=1S/C10H13N.2C2H6/c1-4-8(2)10-7-11-6-5-9(10)3;2*1-2/h4-7H,1-3H3;2*1-2H3/b8-4-;;. The lowest BCUT2D eigenvalue weighted by molar-refractivity contribution is 1.25. The molecule has 0 unspecified atom stereocenters. The van der Waals surface area contributed by atoms with Crippen molar-refractivity contribution in [3.8, 4) is 0 Å². The van der Waals surface area contributed by atoms with Gasteiger partial charge in [0.25, 0.3) is 0 Å². The molecule has 0 spiro atoms. The van der Waals surface area contributed by atoms with Crippen molar-refractivity contribution in [1.82, 2.24) is 4.98 Å². The normalized spacial score (nSPS) is 9.40. The summed E-state index contributed by atoms with van der Waals surface area (Å²) in [7, 11) is 0. The van der Waals surface area contributed by atoms with Crippen molar-refractivity contribution in [2.75, 3.05) is 0 Å². The Morgan fingerprint density at radius 3 is 2.13 bits per heavy atom. The molecule has 0 N–H and O–H groups in total. The van der Waals surface area contributed by atoms with Crippen LogP contribution in [0.15, 0.2) is 24.5 Å². The van der Waals surface area contributed by atoms with Gasteiger partial charge >= 0.3 is 0 Å². The van der Waals surface area contributed by atoms with Crippen molar-refractivity contribution < 1.29 is 0 Å². The Hall–Kier alpha value is -1.11. The molecule has 0 aliphatic rings. The monoisotopic (exact) mass is 207 g/mol. The van der Waals surface area contributed by atoms with E-state index in [-0.39, 0.29) is 0 Å². The van der Waals surface area contributed by atoms with Crippen LogP contribution in [-0.2, 0) is 0 Å². The first-order valence-corrected chi connectivity index (χ1v) is 5.79. The van der Waals surface area contributed by atoms with E-state index >= 15 is 0 Å². The molecule has 1 nitrogen and oxygen atoms in total. The van der Waals surface area contributed by atoms with Crippen LogP contribution in [0.25, 0.3) is 5.57 Å². The van der Waals surface area contributed by atoms with E-state index in [1.54, 1.807) is 0 Å². The Kier molecular flexibility index (Phi) is 11.9. The molecule has 0 saturated heterocycles. The second-order valence-electron chi connectivity index (χ2n) is 2.66. The molecule has 0 aliphatic carbocycles. The minimum absolute atomic E-state index is 1.25. The maximum Gasteiger partial charge on any atom is 0.0345 e. The van der Waals surface area contributed by atoms with Crippen molar-refractivity contribution in [3.63, 3.8) is 0 Å². The highest BCUT2D eigenvalue weighted by atomic mass is 14.6. The van der Waals surface area contributed by atoms with E-state index < -0.39 is 0 Å². The average molecular weight is 207 g/mol. The summed E-state index contributed by atoms with van der Waals surface area (Å²) in [6.07, 6.45) is 5.83. The van der Waals surface area contributed by atoms with Crippen molar-refractivity contribution >= 4 is 5.57 Å². The summed E-state index contributed by atoms with van der Waals surface area (Å²) in [5.74, 6) is 0. The lowest BCUT2D eigenvalue weighted by Crippen LogP contribution is -1.85. The molecule has 0 fully saturated rings. The van der Waals surface area contributed by atoms with Crippen molar-refractivity contribution in [2.45, 2.75) is 48.5 Å². The van der Waals surface area contributed by atoms with Crippen LogP contribution in [0.5, 0.6) is 0 Å². The van der Waals surface area contributed by atoms with Gasteiger partial charge in [-0.05, 0) is 43.5 Å². The van der Waals surface area contributed by atoms with E-state index in [0.717, 1.165) is 0 Å². The molecule has 86 valence electrons. The molecular weight excluding hydrogens is 182 g/mol. The van der Waals surface area contributed by atoms with Crippen LogP contribution in [0, 0.1) is 6.92 Å². The summed E-state index contributed by atoms with van der Waals surface area (Å²) in [6.45, 7) is 14.2. The quantitative estimate of drug-likeness (QED) is 0.640. The zero-order valence-electron chi connectivity index (χ0n) is 11.3. The molecule has 1 aromatic heterocycles. The van der Waals surface area contributed by atoms with Crippen LogP contribution in [0.3, 0.4) is 0 Å². The van der Waals surface area contributed by atoms with E-state index in [2.05, 4.69) is 24.9 Å². The third-order valence-corrected chi connectivity index (χ3v) is 1.90. The Morgan fingerprint density at radius 1 is 1.20 bits per heavy atom. The molecule has 1 heterocycles. The van der Waals surface area contributed by atoms with Gasteiger partial charge in [-0.1, -0.05) is 33.8 Å². The van der Waals surface area contributed by atoms with Crippen LogP contribution in [0.4, 0.5) is 0 Å². The van der Waals surface area contributed by atoms with Crippen LogP contribution in [0.1, 0.15) is 52.7 Å². The molecule has 0 radical (unpaired) electrons. The van der Waals surface area contributed by atoms with Gasteiger partial charge in [-0.3, -0.25) is 4.98 Å². The lowest BCUT2D eigenvalue weighted by atomic mass is 10.1. The largest absolute Gasteiger partial charge is 0.264 e. The third-order valence-electron chi connectivity index (χ3n) is 1.90.